The third kappa shape index (κ3) is 1.77. The zero-order chi connectivity index (χ0) is 44.8. The lowest BCUT2D eigenvalue weighted by Gasteiger charge is -2.56. The number of likely N-dealkylation sites (N-methyl/N-ethyl adjacent to an activating group) is 1. The topological polar surface area (TPSA) is 27.7 Å². The Morgan fingerprint density at radius 2 is 0.770 bits per heavy atom. The molecule has 0 bridgehead atoms. The Morgan fingerprint density at radius 1 is 0.378 bits per heavy atom. The highest BCUT2D eigenvalue weighted by Gasteiger charge is 2.85. The summed E-state index contributed by atoms with van der Waals surface area (Å²) >= 11 is 0. The molecular formula is C70H28NO3+. The van der Waals surface area contributed by atoms with Crippen LogP contribution in [-0.4, -0.2) is 71.3 Å². The van der Waals surface area contributed by atoms with Gasteiger partial charge in [-0.2, -0.15) is 0 Å². The molecule has 0 radical (unpaired) electrons. The Labute approximate surface area is 412 Å². The molecule has 330 valence electrons. The standard InChI is InChI=1S/C70H28NO3/c1-71(3-4-73-7-8-74-6-5-72-2)9-69-65-57-49-39-29-21-13-11-12-15-19-17(13)25-33-27(19)37-31-23(15)24-16(12)20-18-14(11)22(21)30-36-26(18)34-28(20)38-32(24)42-41(31)51-45(37)55-47(33)53(43(49)35(25)29)61(65)63(55)67-59(51)60-52(42)46(38)56-48(34)54-44(36)50(40(30)39)58(57)66(69)62(54)64(56)68(60)70(67,69)10-71/h43,51,53,59,62,66H,3-10H2,1-2H3/q+1. The summed E-state index contributed by atoms with van der Waals surface area (Å²) in [4.78, 5) is 0. The van der Waals surface area contributed by atoms with Crippen LogP contribution in [0.25, 0.3) is 205 Å². The molecule has 1 saturated heterocycles. The molecule has 4 nitrogen and oxygen atoms in total. The van der Waals surface area contributed by atoms with Crippen molar-refractivity contribution in [1.82, 2.24) is 0 Å². The van der Waals surface area contributed by atoms with Crippen molar-refractivity contribution in [3.63, 3.8) is 0 Å². The molecule has 9 atom stereocenters. The molecule has 4 heteroatoms. The smallest absolute Gasteiger partial charge is 0.102 e. The summed E-state index contributed by atoms with van der Waals surface area (Å²) in [5.41, 5.74) is 29.8. The van der Waals surface area contributed by atoms with Gasteiger partial charge in [-0.15, -0.1) is 0 Å². The number of ether oxygens (including phenoxy) is 3. The summed E-state index contributed by atoms with van der Waals surface area (Å²) in [5, 5.41) is 62.4. The predicted octanol–water partition coefficient (Wildman–Crippen LogP) is 14.6. The van der Waals surface area contributed by atoms with E-state index in [2.05, 4.69) is 7.05 Å². The van der Waals surface area contributed by atoms with E-state index in [1.54, 1.807) is 201 Å². The largest absolute Gasteiger partial charge is 0.382 e. The van der Waals surface area contributed by atoms with Gasteiger partial charge in [-0.3, -0.25) is 0 Å². The van der Waals surface area contributed by atoms with Crippen molar-refractivity contribution in [3.8, 4) is 0 Å². The Balaban J connectivity index is 0.958. The number of nitrogens with zero attached hydrogens (tertiary/aromatic N) is 1. The van der Waals surface area contributed by atoms with Crippen LogP contribution in [0.5, 0.6) is 0 Å². The first-order valence-electron chi connectivity index (χ1n) is 28.7. The first-order chi connectivity index (χ1) is 36.7. The molecule has 1 heterocycles. The SMILES string of the molecule is COCCOCCOCC[N+]1(C)CC23C4=C5C6=C7c8c9c%10c%11c%12c%13c%14c(c2c2c%15c%16c%17c%18c%19c(c5c5c%20c%21c%22c%23c(c8C%22C65)c%10c5c%11c6c%13c8c(c%15%14)c%16c%10c%18c%11c(c%20%19)c%21c%13c%23c5c5c%13c%11c%10c8c65)C%17C42)C%12C9C73C1. The van der Waals surface area contributed by atoms with E-state index in [4.69, 9.17) is 14.2 Å². The summed E-state index contributed by atoms with van der Waals surface area (Å²) in [5.74, 6) is 2.56. The van der Waals surface area contributed by atoms with Crippen LogP contribution in [0.15, 0.2) is 11.1 Å². The maximum atomic E-state index is 6.70. The van der Waals surface area contributed by atoms with Gasteiger partial charge in [-0.25, -0.2) is 0 Å². The minimum atomic E-state index is -0.0597. The molecule has 0 saturated carbocycles. The van der Waals surface area contributed by atoms with Crippen LogP contribution in [0.3, 0.4) is 0 Å². The second-order valence-electron chi connectivity index (χ2n) is 28.5. The molecule has 19 aromatic carbocycles. The van der Waals surface area contributed by atoms with E-state index in [0.29, 0.717) is 61.9 Å². The molecule has 74 heavy (non-hydrogen) atoms. The van der Waals surface area contributed by atoms with E-state index >= 15 is 0 Å². The van der Waals surface area contributed by atoms with Crippen LogP contribution in [0, 0.1) is 5.41 Å². The number of hydrogen-bond donors (Lipinski definition) is 0. The van der Waals surface area contributed by atoms with Gasteiger partial charge in [-0.05, 0) is 283 Å². The first kappa shape index (κ1) is 30.4. The third-order valence-electron chi connectivity index (χ3n) is 28.0. The van der Waals surface area contributed by atoms with Gasteiger partial charge in [-0.1, -0.05) is 0 Å². The summed E-state index contributed by atoms with van der Waals surface area (Å²) in [6.07, 6.45) is 0. The average Bonchev–Trinajstić information content (AvgIpc) is 3.34. The quantitative estimate of drug-likeness (QED) is 0.0820. The number of quaternary nitrogens is 1. The maximum absolute atomic E-state index is 6.70. The zero-order valence-corrected chi connectivity index (χ0v) is 39.8. The molecular weight excluding hydrogens is 903 g/mol. The normalized spacial score (nSPS) is 32.4. The number of allylic oxidation sites excluding steroid dienone is 2. The van der Waals surface area contributed by atoms with Crippen molar-refractivity contribution in [2.45, 2.75) is 40.9 Å². The van der Waals surface area contributed by atoms with Crippen molar-refractivity contribution in [2.75, 3.05) is 66.8 Å². The molecule has 0 aromatic heterocycles. The Hall–Kier alpha value is -6.92. The Bertz CT molecular complexity index is 6620. The second kappa shape index (κ2) is 7.28. The molecule has 9 unspecified atom stereocenters. The lowest BCUT2D eigenvalue weighted by atomic mass is 9.43. The van der Waals surface area contributed by atoms with Crippen LogP contribution >= 0.6 is 0 Å². The summed E-state index contributed by atoms with van der Waals surface area (Å²) < 4.78 is 19.1. The molecule has 33 rings (SSSR count). The molecule has 14 aliphatic rings. The van der Waals surface area contributed by atoms with Gasteiger partial charge in [0, 0.05) is 42.6 Å². The predicted molar refractivity (Wildman–Crippen MR) is 295 cm³/mol. The van der Waals surface area contributed by atoms with Gasteiger partial charge in [0.15, 0.2) is 0 Å². The van der Waals surface area contributed by atoms with Crippen LogP contribution in [0.2, 0.25) is 0 Å². The fraction of sp³-hybridized carbons (Fsp3) is 0.257. The molecule has 1 aliphatic heterocycles. The number of methoxy groups -OCH3 is 1. The first-order valence-corrected chi connectivity index (χ1v) is 28.7. The van der Waals surface area contributed by atoms with Gasteiger partial charge in [0.25, 0.3) is 0 Å². The van der Waals surface area contributed by atoms with Crippen molar-refractivity contribution >= 4 is 205 Å². The molecule has 1 fully saturated rings. The minimum Gasteiger partial charge on any atom is -0.382 e. The van der Waals surface area contributed by atoms with E-state index in [-0.39, 0.29) is 10.8 Å². The number of likely N-dealkylation sites (tertiary alicyclic amines) is 1. The highest BCUT2D eigenvalue weighted by atomic mass is 16.5. The van der Waals surface area contributed by atoms with E-state index < -0.39 is 0 Å². The zero-order valence-electron chi connectivity index (χ0n) is 39.8. The van der Waals surface area contributed by atoms with E-state index in [0.717, 1.165) is 17.6 Å². The molecule has 2 spiro atoms. The molecule has 0 N–H and O–H groups in total. The van der Waals surface area contributed by atoms with E-state index in [9.17, 15) is 0 Å². The lowest BCUT2D eigenvalue weighted by molar-refractivity contribution is -0.901. The van der Waals surface area contributed by atoms with Crippen LogP contribution < -0.4 is 0 Å². The van der Waals surface area contributed by atoms with Crippen molar-refractivity contribution < 1.29 is 18.7 Å². The van der Waals surface area contributed by atoms with Crippen LogP contribution in [-0.2, 0) is 19.6 Å². The fourth-order valence-electron chi connectivity index (χ4n) is 28.2. The molecule has 0 amide bonds. The second-order valence-corrected chi connectivity index (χ2v) is 28.5. The van der Waals surface area contributed by atoms with Crippen LogP contribution in [0.1, 0.15) is 102 Å². The van der Waals surface area contributed by atoms with Crippen molar-refractivity contribution in [1.29, 1.82) is 0 Å². The van der Waals surface area contributed by atoms with Gasteiger partial charge < -0.3 is 18.7 Å². The van der Waals surface area contributed by atoms with Crippen LogP contribution in [0.4, 0.5) is 0 Å². The summed E-state index contributed by atoms with van der Waals surface area (Å²) in [6, 6.07) is 0. The van der Waals surface area contributed by atoms with Gasteiger partial charge in [0.2, 0.25) is 0 Å². The van der Waals surface area contributed by atoms with Crippen molar-refractivity contribution in [2.24, 2.45) is 5.41 Å². The number of hydrogen-bond acceptors (Lipinski definition) is 3. The van der Waals surface area contributed by atoms with E-state index in [1.165, 1.54) is 13.1 Å². The lowest BCUT2D eigenvalue weighted by Crippen LogP contribution is -2.54. The minimum absolute atomic E-state index is 0.00933. The third-order valence-corrected chi connectivity index (χ3v) is 28.0. The van der Waals surface area contributed by atoms with E-state index in [1.807, 2.05) is 89.1 Å². The van der Waals surface area contributed by atoms with Gasteiger partial charge in [0.05, 0.1) is 64.0 Å². The molecule has 19 aromatic rings. The van der Waals surface area contributed by atoms with Gasteiger partial charge >= 0.3 is 0 Å². The Morgan fingerprint density at radius 3 is 1.31 bits per heavy atom. The summed E-state index contributed by atoms with van der Waals surface area (Å²) in [7, 11) is 4.49. The highest BCUT2D eigenvalue weighted by molar-refractivity contribution is 6.75. The fourth-order valence-corrected chi connectivity index (χ4v) is 28.2. The average molecular weight is 931 g/mol. The Kier molecular flexibility index (Phi) is 3.00. The molecule has 13 aliphatic carbocycles. The monoisotopic (exact) mass is 930 g/mol. The van der Waals surface area contributed by atoms with Crippen molar-refractivity contribution in [3.05, 3.63) is 77.9 Å². The number of benzene rings is 13. The maximum Gasteiger partial charge on any atom is 0.102 e. The number of rotatable bonds is 9. The highest BCUT2D eigenvalue weighted by Crippen LogP contribution is 2.94. The summed E-state index contributed by atoms with van der Waals surface area (Å²) in [6.45, 7) is 6.81. The van der Waals surface area contributed by atoms with Gasteiger partial charge in [0.1, 0.15) is 6.54 Å².